The van der Waals surface area contributed by atoms with Gasteiger partial charge in [-0.25, -0.2) is 0 Å². The van der Waals surface area contributed by atoms with Gasteiger partial charge in [0.2, 0.25) is 5.91 Å². The van der Waals surface area contributed by atoms with Gasteiger partial charge in [0.25, 0.3) is 0 Å². The molecule has 1 heterocycles. The lowest BCUT2D eigenvalue weighted by molar-refractivity contribution is -0.132. The third-order valence-electron chi connectivity index (χ3n) is 4.75. The summed E-state index contributed by atoms with van der Waals surface area (Å²) in [6, 6.07) is 14.4. The summed E-state index contributed by atoms with van der Waals surface area (Å²) in [6.07, 6.45) is 6.14. The molecule has 0 aliphatic rings. The van der Waals surface area contributed by atoms with Crippen LogP contribution in [-0.4, -0.2) is 46.9 Å². The molecule has 4 heteroatoms. The summed E-state index contributed by atoms with van der Waals surface area (Å²) in [5.41, 5.74) is 2.46. The Bertz CT molecular complexity index is 626. The maximum Gasteiger partial charge on any atom is 0.224 e. The number of hydrogen-bond donors (Lipinski definition) is 0. The van der Waals surface area contributed by atoms with Gasteiger partial charge in [-0.2, -0.15) is 0 Å². The zero-order valence-electron chi connectivity index (χ0n) is 16.1. The molecule has 0 bridgehead atoms. The highest BCUT2D eigenvalue weighted by molar-refractivity contribution is 5.76. The molecule has 0 aliphatic heterocycles. The van der Waals surface area contributed by atoms with E-state index in [2.05, 4.69) is 48.0 Å². The number of nitrogens with zero attached hydrogens (tertiary/aromatic N) is 3. The molecule has 1 aromatic heterocycles. The topological polar surface area (TPSA) is 36.4 Å². The average molecular weight is 354 g/mol. The minimum absolute atomic E-state index is 0.238. The smallest absolute Gasteiger partial charge is 0.224 e. The van der Waals surface area contributed by atoms with Crippen LogP contribution in [0.15, 0.2) is 54.9 Å². The van der Waals surface area contributed by atoms with Crippen LogP contribution >= 0.6 is 0 Å². The zero-order valence-corrected chi connectivity index (χ0v) is 16.1. The number of benzene rings is 1. The van der Waals surface area contributed by atoms with Crippen molar-refractivity contribution in [2.45, 2.75) is 39.7 Å². The van der Waals surface area contributed by atoms with Gasteiger partial charge in [-0.15, -0.1) is 0 Å². The number of pyridine rings is 1. The molecule has 140 valence electrons. The molecule has 1 aromatic carbocycles. The molecule has 0 saturated heterocycles. The van der Waals surface area contributed by atoms with E-state index in [0.717, 1.165) is 44.6 Å². The molecular weight excluding hydrogens is 322 g/mol. The van der Waals surface area contributed by atoms with Gasteiger partial charge in [-0.3, -0.25) is 9.78 Å². The number of carbonyl (C=O) groups is 1. The van der Waals surface area contributed by atoms with Gasteiger partial charge in [0.05, 0.1) is 0 Å². The van der Waals surface area contributed by atoms with Crippen LogP contribution in [-0.2, 0) is 17.8 Å². The highest BCUT2D eigenvalue weighted by atomic mass is 16.2. The molecule has 0 spiro atoms. The fourth-order valence-corrected chi connectivity index (χ4v) is 3.07. The van der Waals surface area contributed by atoms with Crippen molar-refractivity contribution >= 4 is 5.91 Å². The fourth-order valence-electron chi connectivity index (χ4n) is 3.07. The Kier molecular flexibility index (Phi) is 8.84. The van der Waals surface area contributed by atoms with Crippen LogP contribution < -0.4 is 0 Å². The predicted octanol–water partition coefficient (Wildman–Crippen LogP) is 3.77. The molecule has 2 rings (SSSR count). The van der Waals surface area contributed by atoms with E-state index in [4.69, 9.17) is 0 Å². The Morgan fingerprint density at radius 2 is 1.62 bits per heavy atom. The van der Waals surface area contributed by atoms with Gasteiger partial charge in [0, 0.05) is 38.4 Å². The van der Waals surface area contributed by atoms with Crippen LogP contribution in [0, 0.1) is 0 Å². The molecule has 0 atom stereocenters. The molecular formula is C22H31N3O. The van der Waals surface area contributed by atoms with Crippen LogP contribution in [0.25, 0.3) is 0 Å². The summed E-state index contributed by atoms with van der Waals surface area (Å²) in [7, 11) is 0. The Labute approximate surface area is 157 Å². The van der Waals surface area contributed by atoms with Gasteiger partial charge in [-0.1, -0.05) is 44.2 Å². The summed E-state index contributed by atoms with van der Waals surface area (Å²) in [5, 5.41) is 0. The molecule has 0 fully saturated rings. The summed E-state index contributed by atoms with van der Waals surface area (Å²) in [5.74, 6) is 0.238. The van der Waals surface area contributed by atoms with E-state index in [1.165, 1.54) is 5.56 Å². The van der Waals surface area contributed by atoms with E-state index >= 15 is 0 Å². The molecule has 0 aliphatic carbocycles. The first kappa shape index (κ1) is 20.1. The third kappa shape index (κ3) is 6.96. The molecule has 0 unspecified atom stereocenters. The van der Waals surface area contributed by atoms with Crippen LogP contribution in [0.4, 0.5) is 0 Å². The van der Waals surface area contributed by atoms with Crippen molar-refractivity contribution in [2.24, 2.45) is 0 Å². The van der Waals surface area contributed by atoms with E-state index in [-0.39, 0.29) is 5.91 Å². The lowest BCUT2D eigenvalue weighted by Crippen LogP contribution is -2.35. The molecule has 0 N–H and O–H groups in total. The second-order valence-electron chi connectivity index (χ2n) is 6.54. The van der Waals surface area contributed by atoms with E-state index < -0.39 is 0 Å². The molecule has 0 radical (unpaired) electrons. The van der Waals surface area contributed by atoms with Crippen molar-refractivity contribution in [3.63, 3.8) is 0 Å². The number of carbonyl (C=O) groups excluding carboxylic acids is 1. The normalized spacial score (nSPS) is 10.9. The lowest BCUT2D eigenvalue weighted by atomic mass is 10.1. The van der Waals surface area contributed by atoms with Crippen LogP contribution in [0.3, 0.4) is 0 Å². The maximum atomic E-state index is 12.8. The monoisotopic (exact) mass is 353 g/mol. The van der Waals surface area contributed by atoms with Gasteiger partial charge in [0.15, 0.2) is 0 Å². The molecule has 2 aromatic rings. The summed E-state index contributed by atoms with van der Waals surface area (Å²) >= 11 is 0. The van der Waals surface area contributed by atoms with Gasteiger partial charge >= 0.3 is 0 Å². The number of aryl methyl sites for hydroxylation is 1. The number of rotatable bonds is 11. The highest BCUT2D eigenvalue weighted by Crippen LogP contribution is 2.09. The van der Waals surface area contributed by atoms with Crippen molar-refractivity contribution in [1.82, 2.24) is 14.8 Å². The van der Waals surface area contributed by atoms with Crippen LogP contribution in [0.5, 0.6) is 0 Å². The SMILES string of the molecule is CCN(CC)CCC(=O)N(CCCc1ccccc1)Cc1ccncc1. The second kappa shape index (κ2) is 11.4. The molecule has 4 nitrogen and oxygen atoms in total. The van der Waals surface area contributed by atoms with Gasteiger partial charge in [-0.05, 0) is 49.2 Å². The number of aromatic nitrogens is 1. The van der Waals surface area contributed by atoms with Gasteiger partial charge in [0.1, 0.15) is 0 Å². The summed E-state index contributed by atoms with van der Waals surface area (Å²) in [6.45, 7) is 8.54. The average Bonchev–Trinajstić information content (AvgIpc) is 2.69. The minimum Gasteiger partial charge on any atom is -0.338 e. The van der Waals surface area contributed by atoms with Crippen molar-refractivity contribution < 1.29 is 4.79 Å². The van der Waals surface area contributed by atoms with Crippen molar-refractivity contribution in [3.8, 4) is 0 Å². The zero-order chi connectivity index (χ0) is 18.6. The molecule has 1 amide bonds. The Balaban J connectivity index is 1.92. The second-order valence-corrected chi connectivity index (χ2v) is 6.54. The standard InChI is InChI=1S/C22H31N3O/c1-3-24(4-2)18-14-22(26)25(19-21-12-15-23-16-13-21)17-8-11-20-9-6-5-7-10-20/h5-7,9-10,12-13,15-16H,3-4,8,11,14,17-19H2,1-2H3. The van der Waals surface area contributed by atoms with Crippen LogP contribution in [0.1, 0.15) is 37.8 Å². The van der Waals surface area contributed by atoms with Gasteiger partial charge < -0.3 is 9.80 Å². The Hall–Kier alpha value is -2.20. The van der Waals surface area contributed by atoms with E-state index in [0.29, 0.717) is 13.0 Å². The summed E-state index contributed by atoms with van der Waals surface area (Å²) in [4.78, 5) is 21.2. The van der Waals surface area contributed by atoms with Crippen molar-refractivity contribution in [1.29, 1.82) is 0 Å². The fraction of sp³-hybridized carbons (Fsp3) is 0.455. The quantitative estimate of drug-likeness (QED) is 0.617. The first-order chi connectivity index (χ1) is 12.7. The Morgan fingerprint density at radius 3 is 2.27 bits per heavy atom. The summed E-state index contributed by atoms with van der Waals surface area (Å²) < 4.78 is 0. The number of amides is 1. The first-order valence-electron chi connectivity index (χ1n) is 9.65. The minimum atomic E-state index is 0.238. The lowest BCUT2D eigenvalue weighted by Gasteiger charge is -2.25. The first-order valence-corrected chi connectivity index (χ1v) is 9.65. The third-order valence-corrected chi connectivity index (χ3v) is 4.75. The highest BCUT2D eigenvalue weighted by Gasteiger charge is 2.15. The van der Waals surface area contributed by atoms with E-state index in [1.54, 1.807) is 12.4 Å². The van der Waals surface area contributed by atoms with Crippen molar-refractivity contribution in [3.05, 3.63) is 66.0 Å². The van der Waals surface area contributed by atoms with E-state index in [9.17, 15) is 4.79 Å². The van der Waals surface area contributed by atoms with Crippen molar-refractivity contribution in [2.75, 3.05) is 26.2 Å². The molecule has 0 saturated carbocycles. The molecule has 26 heavy (non-hydrogen) atoms. The number of hydrogen-bond acceptors (Lipinski definition) is 3. The largest absolute Gasteiger partial charge is 0.338 e. The van der Waals surface area contributed by atoms with E-state index in [1.807, 2.05) is 23.1 Å². The maximum absolute atomic E-state index is 12.8. The predicted molar refractivity (Wildman–Crippen MR) is 107 cm³/mol. The van der Waals surface area contributed by atoms with Crippen LogP contribution in [0.2, 0.25) is 0 Å². The Morgan fingerprint density at radius 1 is 0.923 bits per heavy atom.